The zero-order valence-electron chi connectivity index (χ0n) is 16.8. The molecule has 7 nitrogen and oxygen atoms in total. The molecule has 0 atom stereocenters. The van der Waals surface area contributed by atoms with Crippen LogP contribution < -0.4 is 14.2 Å². The van der Waals surface area contributed by atoms with Gasteiger partial charge in [-0.15, -0.1) is 11.3 Å². The number of carboxylic acid groups (broad SMARTS) is 1. The summed E-state index contributed by atoms with van der Waals surface area (Å²) in [6.07, 6.45) is 0. The number of thiazole rings is 1. The smallest absolute Gasteiger partial charge is 0.339 e. The number of ether oxygens (including phenoxy) is 3. The van der Waals surface area contributed by atoms with Crippen molar-refractivity contribution >= 4 is 23.3 Å². The highest BCUT2D eigenvalue weighted by atomic mass is 32.1. The summed E-state index contributed by atoms with van der Waals surface area (Å²) >= 11 is 1.43. The van der Waals surface area contributed by atoms with E-state index in [-0.39, 0.29) is 11.3 Å². The average Bonchev–Trinajstić information content (AvgIpc) is 3.19. The van der Waals surface area contributed by atoms with Gasteiger partial charge < -0.3 is 19.3 Å². The Morgan fingerprint density at radius 1 is 0.967 bits per heavy atom. The molecule has 0 spiro atoms. The molecule has 0 saturated carbocycles. The predicted octanol–water partition coefficient (Wildman–Crippen LogP) is 4.90. The van der Waals surface area contributed by atoms with Crippen LogP contribution >= 0.6 is 11.3 Å². The van der Waals surface area contributed by atoms with E-state index >= 15 is 0 Å². The van der Waals surface area contributed by atoms with Crippen LogP contribution in [0.25, 0.3) is 21.8 Å². The molecule has 3 rings (SSSR count). The monoisotopic (exact) mass is 427 g/mol. The van der Waals surface area contributed by atoms with E-state index in [1.165, 1.54) is 30.4 Å². The third kappa shape index (κ3) is 4.77. The van der Waals surface area contributed by atoms with Crippen molar-refractivity contribution < 1.29 is 28.9 Å². The number of benzene rings is 2. The lowest BCUT2D eigenvalue weighted by atomic mass is 10.1. The number of aromatic carboxylic acids is 1. The molecule has 0 amide bonds. The van der Waals surface area contributed by atoms with E-state index in [0.717, 1.165) is 10.6 Å². The molecule has 30 heavy (non-hydrogen) atoms. The summed E-state index contributed by atoms with van der Waals surface area (Å²) in [5.41, 5.74) is 2.01. The van der Waals surface area contributed by atoms with E-state index < -0.39 is 11.9 Å². The van der Waals surface area contributed by atoms with Gasteiger partial charge in [-0.25, -0.2) is 9.78 Å². The van der Waals surface area contributed by atoms with Crippen molar-refractivity contribution in [2.75, 3.05) is 13.2 Å². The molecule has 3 aromatic rings. The molecule has 0 fully saturated rings. The first kappa shape index (κ1) is 21.3. The van der Waals surface area contributed by atoms with Crippen LogP contribution in [0.4, 0.5) is 0 Å². The minimum Gasteiger partial charge on any atom is -0.490 e. The van der Waals surface area contributed by atoms with E-state index in [4.69, 9.17) is 14.2 Å². The van der Waals surface area contributed by atoms with Gasteiger partial charge in [0.1, 0.15) is 16.3 Å². The topological polar surface area (TPSA) is 95.0 Å². The highest BCUT2D eigenvalue weighted by molar-refractivity contribution is 7.13. The number of carbonyl (C=O) groups is 2. The second-order valence-electron chi connectivity index (χ2n) is 6.18. The third-order valence-electron chi connectivity index (χ3n) is 4.05. The largest absolute Gasteiger partial charge is 0.490 e. The number of aromatic nitrogens is 1. The van der Waals surface area contributed by atoms with Crippen LogP contribution in [0, 0.1) is 0 Å². The first-order chi connectivity index (χ1) is 14.4. The number of carbonyl (C=O) groups excluding carboxylic acids is 1. The lowest BCUT2D eigenvalue weighted by Crippen LogP contribution is -2.07. The molecule has 156 valence electrons. The Hall–Kier alpha value is -3.39. The highest BCUT2D eigenvalue weighted by Gasteiger charge is 2.17. The molecule has 0 saturated heterocycles. The fraction of sp³-hybridized carbons (Fsp3) is 0.227. The lowest BCUT2D eigenvalue weighted by molar-refractivity contribution is -0.131. The molecule has 1 aromatic heterocycles. The Bertz CT molecular complexity index is 1080. The van der Waals surface area contributed by atoms with Gasteiger partial charge in [0.25, 0.3) is 0 Å². The Labute approximate surface area is 177 Å². The van der Waals surface area contributed by atoms with Gasteiger partial charge in [0, 0.05) is 23.4 Å². The Morgan fingerprint density at radius 3 is 2.30 bits per heavy atom. The van der Waals surface area contributed by atoms with E-state index in [0.29, 0.717) is 36.0 Å². The van der Waals surface area contributed by atoms with Gasteiger partial charge in [-0.1, -0.05) is 0 Å². The van der Waals surface area contributed by atoms with Crippen molar-refractivity contribution in [2.24, 2.45) is 0 Å². The van der Waals surface area contributed by atoms with Crippen LogP contribution in [0.5, 0.6) is 17.2 Å². The molecule has 0 unspecified atom stereocenters. The molecule has 0 aliphatic carbocycles. The number of rotatable bonds is 8. The van der Waals surface area contributed by atoms with E-state index in [1.54, 1.807) is 6.07 Å². The summed E-state index contributed by atoms with van der Waals surface area (Å²) in [5, 5.41) is 12.1. The summed E-state index contributed by atoms with van der Waals surface area (Å²) in [6.45, 7) is 6.09. The van der Waals surface area contributed by atoms with Gasteiger partial charge in [-0.3, -0.25) is 4.79 Å². The van der Waals surface area contributed by atoms with Crippen LogP contribution in [0.2, 0.25) is 0 Å². The Kier molecular flexibility index (Phi) is 6.68. The molecule has 0 aliphatic rings. The molecule has 8 heteroatoms. The highest BCUT2D eigenvalue weighted by Crippen LogP contribution is 2.36. The standard InChI is InChI=1S/C22H21NO6S/c1-4-27-19-9-7-15(11-20(19)28-5-2)21-23-17(12-30-21)14-6-8-18(29-13(3)24)16(10-14)22(25)26/h6-12H,4-5H2,1-3H3,(H,25,26). The van der Waals surface area contributed by atoms with E-state index in [2.05, 4.69) is 4.98 Å². The average molecular weight is 427 g/mol. The minimum absolute atomic E-state index is 0.00192. The quantitative estimate of drug-likeness (QED) is 0.404. The Morgan fingerprint density at radius 2 is 1.63 bits per heavy atom. The van der Waals surface area contributed by atoms with Gasteiger partial charge in [0.05, 0.1) is 18.9 Å². The number of nitrogens with zero attached hydrogens (tertiary/aromatic N) is 1. The number of esters is 1. The van der Waals surface area contributed by atoms with Crippen LogP contribution in [-0.4, -0.2) is 35.2 Å². The second kappa shape index (κ2) is 9.41. The van der Waals surface area contributed by atoms with Gasteiger partial charge in [0.15, 0.2) is 11.5 Å². The maximum absolute atomic E-state index is 11.6. The van der Waals surface area contributed by atoms with Crippen molar-refractivity contribution in [3.05, 3.63) is 47.3 Å². The fourth-order valence-corrected chi connectivity index (χ4v) is 3.65. The molecule has 0 aliphatic heterocycles. The zero-order valence-corrected chi connectivity index (χ0v) is 17.6. The molecule has 0 radical (unpaired) electrons. The van der Waals surface area contributed by atoms with Crippen molar-refractivity contribution in [1.82, 2.24) is 4.98 Å². The van der Waals surface area contributed by atoms with Crippen LogP contribution in [-0.2, 0) is 4.79 Å². The van der Waals surface area contributed by atoms with Gasteiger partial charge in [0.2, 0.25) is 0 Å². The van der Waals surface area contributed by atoms with Crippen LogP contribution in [0.3, 0.4) is 0 Å². The van der Waals surface area contributed by atoms with Crippen molar-refractivity contribution in [3.8, 4) is 39.1 Å². The maximum Gasteiger partial charge on any atom is 0.339 e. The van der Waals surface area contributed by atoms with Crippen molar-refractivity contribution in [1.29, 1.82) is 0 Å². The summed E-state index contributed by atoms with van der Waals surface area (Å²) < 4.78 is 16.2. The summed E-state index contributed by atoms with van der Waals surface area (Å²) in [7, 11) is 0. The van der Waals surface area contributed by atoms with Crippen molar-refractivity contribution in [2.45, 2.75) is 20.8 Å². The molecule has 2 aromatic carbocycles. The molecule has 1 N–H and O–H groups in total. The predicted molar refractivity (Wildman–Crippen MR) is 114 cm³/mol. The number of hydrogen-bond acceptors (Lipinski definition) is 7. The normalized spacial score (nSPS) is 10.5. The summed E-state index contributed by atoms with van der Waals surface area (Å²) in [5.74, 6) is -0.445. The minimum atomic E-state index is -1.18. The van der Waals surface area contributed by atoms with E-state index in [1.807, 2.05) is 37.4 Å². The summed E-state index contributed by atoms with van der Waals surface area (Å²) in [6, 6.07) is 10.2. The Balaban J connectivity index is 1.95. The van der Waals surface area contributed by atoms with Gasteiger partial charge in [-0.2, -0.15) is 0 Å². The maximum atomic E-state index is 11.6. The van der Waals surface area contributed by atoms with E-state index in [9.17, 15) is 14.7 Å². The SMILES string of the molecule is CCOc1ccc(-c2nc(-c3ccc(OC(C)=O)c(C(=O)O)c3)cs2)cc1OCC. The first-order valence-electron chi connectivity index (χ1n) is 9.34. The molecule has 1 heterocycles. The molecular formula is C22H21NO6S. The first-order valence-corrected chi connectivity index (χ1v) is 10.2. The van der Waals surface area contributed by atoms with Crippen LogP contribution in [0.1, 0.15) is 31.1 Å². The summed E-state index contributed by atoms with van der Waals surface area (Å²) in [4.78, 5) is 27.4. The zero-order chi connectivity index (χ0) is 21.7. The van der Waals surface area contributed by atoms with Crippen LogP contribution in [0.15, 0.2) is 41.8 Å². The fourth-order valence-electron chi connectivity index (χ4n) is 2.82. The number of carboxylic acids is 1. The van der Waals surface area contributed by atoms with Crippen molar-refractivity contribution in [3.63, 3.8) is 0 Å². The van der Waals surface area contributed by atoms with Gasteiger partial charge in [-0.05, 0) is 50.2 Å². The third-order valence-corrected chi connectivity index (χ3v) is 4.95. The lowest BCUT2D eigenvalue weighted by Gasteiger charge is -2.11. The molecule has 0 bridgehead atoms. The molecular weight excluding hydrogens is 406 g/mol. The number of hydrogen-bond donors (Lipinski definition) is 1. The van der Waals surface area contributed by atoms with Gasteiger partial charge >= 0.3 is 11.9 Å². The second-order valence-corrected chi connectivity index (χ2v) is 7.03.